The summed E-state index contributed by atoms with van der Waals surface area (Å²) in [7, 11) is -2.97. The van der Waals surface area contributed by atoms with E-state index in [1.54, 1.807) is 6.92 Å². The Balaban J connectivity index is 2.12. The molecule has 1 aliphatic rings. The van der Waals surface area contributed by atoms with Crippen molar-refractivity contribution in [2.45, 2.75) is 44.8 Å². The van der Waals surface area contributed by atoms with Gasteiger partial charge in [0.2, 0.25) is 5.91 Å². The lowest BCUT2D eigenvalue weighted by Crippen LogP contribution is -2.37. The van der Waals surface area contributed by atoms with Crippen LogP contribution >= 0.6 is 0 Å². The van der Waals surface area contributed by atoms with Crippen LogP contribution in [0.4, 0.5) is 0 Å². The van der Waals surface area contributed by atoms with Crippen LogP contribution in [0.5, 0.6) is 0 Å². The van der Waals surface area contributed by atoms with E-state index in [-0.39, 0.29) is 17.8 Å². The molecule has 1 N–H and O–H groups in total. The molecule has 0 aromatic rings. The van der Waals surface area contributed by atoms with Crippen molar-refractivity contribution in [1.82, 2.24) is 5.32 Å². The Morgan fingerprint density at radius 2 is 2.20 bits per heavy atom. The molecule has 0 aromatic heterocycles. The van der Waals surface area contributed by atoms with Crippen LogP contribution in [0.2, 0.25) is 0 Å². The quantitative estimate of drug-likeness (QED) is 0.661. The highest BCUT2D eigenvalue weighted by molar-refractivity contribution is 7.90. The van der Waals surface area contributed by atoms with Crippen molar-refractivity contribution in [3.63, 3.8) is 0 Å². The number of hydrogen-bond donors (Lipinski definition) is 1. The van der Waals surface area contributed by atoms with Crippen molar-refractivity contribution in [2.24, 2.45) is 0 Å². The summed E-state index contributed by atoms with van der Waals surface area (Å²) in [6.07, 6.45) is 4.35. The number of amides is 1. The number of nitrogens with one attached hydrogen (secondary N) is 1. The number of sulfone groups is 1. The van der Waals surface area contributed by atoms with E-state index in [0.717, 1.165) is 25.9 Å². The third-order valence-electron chi connectivity index (χ3n) is 3.17. The van der Waals surface area contributed by atoms with Gasteiger partial charge in [-0.25, -0.2) is 8.42 Å². The second-order valence-electron chi connectivity index (χ2n) is 5.24. The van der Waals surface area contributed by atoms with Gasteiger partial charge in [-0.2, -0.15) is 0 Å². The third kappa shape index (κ3) is 7.81. The number of rotatable bonds is 8. The zero-order chi connectivity index (χ0) is 15.0. The summed E-state index contributed by atoms with van der Waals surface area (Å²) >= 11 is 0. The Morgan fingerprint density at radius 1 is 1.45 bits per heavy atom. The van der Waals surface area contributed by atoms with Crippen LogP contribution in [0.1, 0.15) is 32.6 Å². The van der Waals surface area contributed by atoms with Gasteiger partial charge in [-0.1, -0.05) is 0 Å². The van der Waals surface area contributed by atoms with Gasteiger partial charge < -0.3 is 14.8 Å². The van der Waals surface area contributed by atoms with Crippen LogP contribution in [0.15, 0.2) is 0 Å². The third-order valence-corrected chi connectivity index (χ3v) is 4.20. The maximum absolute atomic E-state index is 11.7. The summed E-state index contributed by atoms with van der Waals surface area (Å²) < 4.78 is 32.9. The number of carbonyl (C=O) groups is 1. The summed E-state index contributed by atoms with van der Waals surface area (Å²) in [6, 6.07) is 0. The number of carbonyl (C=O) groups excluding carboxylic acids is 1. The molecular weight excluding hydrogens is 282 g/mol. The van der Waals surface area contributed by atoms with Gasteiger partial charge in [0.05, 0.1) is 18.5 Å². The molecule has 118 valence electrons. The molecule has 1 amide bonds. The Hall–Kier alpha value is -0.660. The van der Waals surface area contributed by atoms with Gasteiger partial charge in [0.25, 0.3) is 0 Å². The van der Waals surface area contributed by atoms with Crippen LogP contribution in [0, 0.1) is 0 Å². The van der Waals surface area contributed by atoms with E-state index in [9.17, 15) is 13.2 Å². The van der Waals surface area contributed by atoms with Gasteiger partial charge in [-0.05, 0) is 32.6 Å². The molecule has 7 heteroatoms. The van der Waals surface area contributed by atoms with Crippen LogP contribution in [-0.2, 0) is 24.1 Å². The lowest BCUT2D eigenvalue weighted by Gasteiger charge is -2.23. The van der Waals surface area contributed by atoms with Crippen molar-refractivity contribution >= 4 is 15.7 Å². The zero-order valence-corrected chi connectivity index (χ0v) is 13.1. The van der Waals surface area contributed by atoms with Gasteiger partial charge in [-0.15, -0.1) is 0 Å². The smallest absolute Gasteiger partial charge is 0.248 e. The van der Waals surface area contributed by atoms with E-state index in [1.807, 2.05) is 0 Å². The molecule has 0 spiro atoms. The van der Waals surface area contributed by atoms with Crippen LogP contribution in [-0.4, -0.2) is 58.3 Å². The molecule has 2 unspecified atom stereocenters. The van der Waals surface area contributed by atoms with Crippen molar-refractivity contribution in [2.75, 3.05) is 31.8 Å². The highest BCUT2D eigenvalue weighted by atomic mass is 32.2. The zero-order valence-electron chi connectivity index (χ0n) is 12.3. The minimum Gasteiger partial charge on any atom is -0.376 e. The second-order valence-corrected chi connectivity index (χ2v) is 7.50. The fourth-order valence-electron chi connectivity index (χ4n) is 1.96. The number of hydrogen-bond acceptors (Lipinski definition) is 5. The molecule has 0 saturated carbocycles. The van der Waals surface area contributed by atoms with E-state index >= 15 is 0 Å². The first-order valence-corrected chi connectivity index (χ1v) is 9.13. The first kappa shape index (κ1) is 17.4. The molecule has 0 aliphatic carbocycles. The molecule has 6 nitrogen and oxygen atoms in total. The molecule has 1 rings (SSSR count). The Bertz CT molecular complexity index is 390. The summed E-state index contributed by atoms with van der Waals surface area (Å²) in [4.78, 5) is 11.7. The summed E-state index contributed by atoms with van der Waals surface area (Å²) in [5.74, 6) is -0.132. The molecule has 1 saturated heterocycles. The van der Waals surface area contributed by atoms with Crippen molar-refractivity contribution < 1.29 is 22.7 Å². The van der Waals surface area contributed by atoms with Crippen molar-refractivity contribution in [3.8, 4) is 0 Å². The van der Waals surface area contributed by atoms with Gasteiger partial charge in [0, 0.05) is 19.4 Å². The monoisotopic (exact) mass is 307 g/mol. The predicted octanol–water partition coefficient (Wildman–Crippen LogP) is 0.512. The SMILES string of the molecule is CC(OCC1CCCCO1)C(=O)NCCCS(C)(=O)=O. The maximum atomic E-state index is 11.7. The fourth-order valence-corrected chi connectivity index (χ4v) is 2.62. The normalized spacial score (nSPS) is 21.4. The standard InChI is InChI=1S/C13H25NO5S/c1-11(19-10-12-6-3-4-8-18-12)13(15)14-7-5-9-20(2,16)17/h11-12H,3-10H2,1-2H3,(H,14,15). The first-order chi connectivity index (χ1) is 9.38. The van der Waals surface area contributed by atoms with E-state index < -0.39 is 15.9 Å². The largest absolute Gasteiger partial charge is 0.376 e. The van der Waals surface area contributed by atoms with Crippen LogP contribution in [0.25, 0.3) is 0 Å². The molecule has 2 atom stereocenters. The van der Waals surface area contributed by atoms with E-state index in [1.165, 1.54) is 6.26 Å². The lowest BCUT2D eigenvalue weighted by molar-refractivity contribution is -0.135. The van der Waals surface area contributed by atoms with Gasteiger partial charge >= 0.3 is 0 Å². The summed E-state index contributed by atoms with van der Waals surface area (Å²) in [5, 5.41) is 2.67. The molecule has 1 aliphatic heterocycles. The second kappa shape index (κ2) is 8.59. The first-order valence-electron chi connectivity index (χ1n) is 7.07. The minimum atomic E-state index is -2.97. The van der Waals surface area contributed by atoms with Crippen molar-refractivity contribution in [1.29, 1.82) is 0 Å². The molecule has 0 bridgehead atoms. The van der Waals surface area contributed by atoms with Gasteiger partial charge in [0.1, 0.15) is 15.9 Å². The lowest BCUT2D eigenvalue weighted by atomic mass is 10.1. The van der Waals surface area contributed by atoms with Gasteiger partial charge in [-0.3, -0.25) is 4.79 Å². The van der Waals surface area contributed by atoms with E-state index in [2.05, 4.69) is 5.32 Å². The van der Waals surface area contributed by atoms with Crippen LogP contribution < -0.4 is 5.32 Å². The molecule has 1 heterocycles. The molecular formula is C13H25NO5S. The topological polar surface area (TPSA) is 81.7 Å². The Kier molecular flexibility index (Phi) is 7.47. The summed E-state index contributed by atoms with van der Waals surface area (Å²) in [5.41, 5.74) is 0. The predicted molar refractivity (Wildman–Crippen MR) is 76.3 cm³/mol. The highest BCUT2D eigenvalue weighted by Crippen LogP contribution is 2.13. The molecule has 1 fully saturated rings. The fraction of sp³-hybridized carbons (Fsp3) is 0.923. The van der Waals surface area contributed by atoms with Crippen LogP contribution in [0.3, 0.4) is 0 Å². The summed E-state index contributed by atoms with van der Waals surface area (Å²) in [6.45, 7) is 3.23. The van der Waals surface area contributed by atoms with Gasteiger partial charge in [0.15, 0.2) is 0 Å². The van der Waals surface area contributed by atoms with E-state index in [0.29, 0.717) is 19.6 Å². The Labute approximate surface area is 121 Å². The molecule has 0 radical (unpaired) electrons. The highest BCUT2D eigenvalue weighted by Gasteiger charge is 2.18. The average molecular weight is 307 g/mol. The van der Waals surface area contributed by atoms with E-state index in [4.69, 9.17) is 9.47 Å². The average Bonchev–Trinajstić information content (AvgIpc) is 2.40. The maximum Gasteiger partial charge on any atom is 0.248 e. The van der Waals surface area contributed by atoms with Crippen molar-refractivity contribution in [3.05, 3.63) is 0 Å². The number of ether oxygens (including phenoxy) is 2. The minimum absolute atomic E-state index is 0.0818. The molecule has 20 heavy (non-hydrogen) atoms. The Morgan fingerprint density at radius 3 is 2.80 bits per heavy atom. The molecule has 0 aromatic carbocycles.